The number of methoxy groups -OCH3 is 1. The van der Waals surface area contributed by atoms with E-state index in [1.54, 1.807) is 62.6 Å². The number of carbonyl (C=O) groups is 2. The summed E-state index contributed by atoms with van der Waals surface area (Å²) < 4.78 is 10.1. The molecule has 0 amide bonds. The molecule has 0 unspecified atom stereocenters. The number of rotatable bonds is 7. The van der Waals surface area contributed by atoms with Gasteiger partial charge >= 0.3 is 5.97 Å². The number of nitrogens with one attached hydrogen (secondary N) is 1. The number of benzene rings is 2. The fourth-order valence-electron chi connectivity index (χ4n) is 2.06. The topological polar surface area (TPSA) is 64.6 Å². The zero-order valence-corrected chi connectivity index (χ0v) is 14.7. The van der Waals surface area contributed by atoms with E-state index in [1.165, 1.54) is 6.20 Å². The molecule has 25 heavy (non-hydrogen) atoms. The van der Waals surface area contributed by atoms with Crippen molar-refractivity contribution in [3.05, 3.63) is 70.9 Å². The maximum atomic E-state index is 12.7. The molecule has 2 aromatic carbocycles. The van der Waals surface area contributed by atoms with Gasteiger partial charge in [0.1, 0.15) is 11.3 Å². The number of anilines is 1. The highest BCUT2D eigenvalue weighted by atomic mass is 35.5. The molecule has 0 saturated heterocycles. The molecule has 130 valence electrons. The zero-order chi connectivity index (χ0) is 18.2. The Balaban J connectivity index is 2.30. The van der Waals surface area contributed by atoms with Gasteiger partial charge in [-0.15, -0.1) is 0 Å². The maximum Gasteiger partial charge on any atom is 0.343 e. The van der Waals surface area contributed by atoms with Crippen LogP contribution in [0.15, 0.2) is 60.3 Å². The Morgan fingerprint density at radius 1 is 1.12 bits per heavy atom. The van der Waals surface area contributed by atoms with E-state index in [4.69, 9.17) is 21.1 Å². The molecule has 2 aromatic rings. The van der Waals surface area contributed by atoms with Gasteiger partial charge in [-0.05, 0) is 43.3 Å². The van der Waals surface area contributed by atoms with Gasteiger partial charge in [0.2, 0.25) is 5.78 Å². The number of ketones is 1. The molecule has 0 aromatic heterocycles. The second-order valence-electron chi connectivity index (χ2n) is 4.96. The van der Waals surface area contributed by atoms with Crippen molar-refractivity contribution in [3.8, 4) is 5.75 Å². The lowest BCUT2D eigenvalue weighted by Crippen LogP contribution is -2.18. The second-order valence-corrected chi connectivity index (χ2v) is 5.37. The van der Waals surface area contributed by atoms with Crippen LogP contribution in [-0.2, 0) is 9.53 Å². The van der Waals surface area contributed by atoms with E-state index in [1.807, 2.05) is 0 Å². The molecular weight excluding hydrogens is 342 g/mol. The van der Waals surface area contributed by atoms with Crippen LogP contribution in [0.5, 0.6) is 5.75 Å². The minimum atomic E-state index is -0.714. The first-order valence-electron chi connectivity index (χ1n) is 7.64. The van der Waals surface area contributed by atoms with E-state index in [9.17, 15) is 9.59 Å². The van der Waals surface area contributed by atoms with Crippen molar-refractivity contribution in [2.24, 2.45) is 0 Å². The highest BCUT2D eigenvalue weighted by molar-refractivity contribution is 6.36. The molecule has 0 aliphatic rings. The van der Waals surface area contributed by atoms with Gasteiger partial charge in [0.05, 0.1) is 18.7 Å². The molecule has 5 nitrogen and oxygen atoms in total. The minimum Gasteiger partial charge on any atom is -0.497 e. The van der Waals surface area contributed by atoms with Crippen LogP contribution in [0.4, 0.5) is 5.69 Å². The Morgan fingerprint density at radius 2 is 1.80 bits per heavy atom. The zero-order valence-electron chi connectivity index (χ0n) is 13.9. The molecule has 2 rings (SSSR count). The van der Waals surface area contributed by atoms with Crippen LogP contribution in [-0.4, -0.2) is 25.5 Å². The lowest BCUT2D eigenvalue weighted by molar-refractivity contribution is -0.138. The summed E-state index contributed by atoms with van der Waals surface area (Å²) in [6, 6.07) is 13.6. The first-order valence-corrected chi connectivity index (χ1v) is 8.01. The molecule has 0 fully saturated rings. The third-order valence-electron chi connectivity index (χ3n) is 3.33. The van der Waals surface area contributed by atoms with Gasteiger partial charge < -0.3 is 14.8 Å². The van der Waals surface area contributed by atoms with Crippen LogP contribution in [0.1, 0.15) is 17.3 Å². The molecule has 0 saturated carbocycles. The van der Waals surface area contributed by atoms with Gasteiger partial charge in [-0.25, -0.2) is 4.79 Å². The fraction of sp³-hybridized carbons (Fsp3) is 0.158. The van der Waals surface area contributed by atoms with E-state index >= 15 is 0 Å². The van der Waals surface area contributed by atoms with Crippen LogP contribution in [0, 0.1) is 0 Å². The van der Waals surface area contributed by atoms with Crippen LogP contribution in [0.2, 0.25) is 5.02 Å². The summed E-state index contributed by atoms with van der Waals surface area (Å²) in [6.45, 7) is 1.83. The first-order chi connectivity index (χ1) is 12.1. The van der Waals surface area contributed by atoms with Crippen LogP contribution >= 0.6 is 11.6 Å². The van der Waals surface area contributed by atoms with Crippen molar-refractivity contribution in [1.82, 2.24) is 0 Å². The standard InChI is InChI=1S/C19H18ClNO4/c1-3-25-19(23)16(18(22)15-6-4-5-7-17(15)20)12-21-13-8-10-14(24-2)11-9-13/h4-12,21H,3H2,1-2H3. The Morgan fingerprint density at radius 3 is 2.40 bits per heavy atom. The largest absolute Gasteiger partial charge is 0.497 e. The highest BCUT2D eigenvalue weighted by Crippen LogP contribution is 2.20. The average molecular weight is 360 g/mol. The van der Waals surface area contributed by atoms with Gasteiger partial charge in [-0.1, -0.05) is 23.7 Å². The number of carbonyl (C=O) groups excluding carboxylic acids is 2. The minimum absolute atomic E-state index is 0.134. The summed E-state index contributed by atoms with van der Waals surface area (Å²) >= 11 is 6.06. The van der Waals surface area contributed by atoms with E-state index in [-0.39, 0.29) is 22.8 Å². The molecule has 0 radical (unpaired) electrons. The van der Waals surface area contributed by atoms with Crippen molar-refractivity contribution in [3.63, 3.8) is 0 Å². The van der Waals surface area contributed by atoms with Gasteiger partial charge in [-0.2, -0.15) is 0 Å². The maximum absolute atomic E-state index is 12.7. The molecule has 0 atom stereocenters. The molecule has 6 heteroatoms. The number of hydrogen-bond donors (Lipinski definition) is 1. The van der Waals surface area contributed by atoms with Crippen LogP contribution in [0.3, 0.4) is 0 Å². The van der Waals surface area contributed by atoms with E-state index in [0.29, 0.717) is 11.4 Å². The van der Waals surface area contributed by atoms with E-state index in [0.717, 1.165) is 0 Å². The molecule has 0 spiro atoms. The van der Waals surface area contributed by atoms with Gasteiger partial charge in [-0.3, -0.25) is 4.79 Å². The summed E-state index contributed by atoms with van der Waals surface area (Å²) in [5.41, 5.74) is 0.792. The number of Topliss-reactive ketones (excluding diaryl/α,β-unsaturated/α-hetero) is 1. The van der Waals surface area contributed by atoms with E-state index < -0.39 is 11.8 Å². The Labute approximate surface area is 151 Å². The lowest BCUT2D eigenvalue weighted by Gasteiger charge is -2.09. The number of ether oxygens (including phenoxy) is 2. The fourth-order valence-corrected chi connectivity index (χ4v) is 2.28. The van der Waals surface area contributed by atoms with Crippen molar-refractivity contribution >= 4 is 29.0 Å². The van der Waals surface area contributed by atoms with E-state index in [2.05, 4.69) is 5.32 Å². The SMILES string of the molecule is CCOC(=O)C(=CNc1ccc(OC)cc1)C(=O)c1ccccc1Cl. The summed E-state index contributed by atoms with van der Waals surface area (Å²) in [7, 11) is 1.57. The third kappa shape index (κ3) is 4.84. The Bertz CT molecular complexity index is 784. The van der Waals surface area contributed by atoms with Gasteiger partial charge in [0.15, 0.2) is 0 Å². The van der Waals surface area contributed by atoms with Crippen LogP contribution in [0.25, 0.3) is 0 Å². The summed E-state index contributed by atoms with van der Waals surface area (Å²) in [5.74, 6) is -0.522. The van der Waals surface area contributed by atoms with Crippen molar-refractivity contribution in [1.29, 1.82) is 0 Å². The molecule has 0 heterocycles. The normalized spacial score (nSPS) is 10.9. The second kappa shape index (κ2) is 8.89. The lowest BCUT2D eigenvalue weighted by atomic mass is 10.0. The highest BCUT2D eigenvalue weighted by Gasteiger charge is 2.22. The molecule has 0 bridgehead atoms. The Hall–Kier alpha value is -2.79. The summed E-state index contributed by atoms with van der Waals surface area (Å²) in [4.78, 5) is 24.9. The molecular formula is C19H18ClNO4. The smallest absolute Gasteiger partial charge is 0.343 e. The monoisotopic (exact) mass is 359 g/mol. The number of hydrogen-bond acceptors (Lipinski definition) is 5. The van der Waals surface area contributed by atoms with Crippen molar-refractivity contribution in [2.45, 2.75) is 6.92 Å². The third-order valence-corrected chi connectivity index (χ3v) is 3.66. The Kier molecular flexibility index (Phi) is 6.60. The first kappa shape index (κ1) is 18.5. The van der Waals surface area contributed by atoms with Gasteiger partial charge in [0, 0.05) is 17.5 Å². The predicted molar refractivity (Wildman–Crippen MR) is 97.1 cm³/mol. The summed E-state index contributed by atoms with van der Waals surface area (Å²) in [5, 5.41) is 3.19. The van der Waals surface area contributed by atoms with Crippen molar-refractivity contribution in [2.75, 3.05) is 19.0 Å². The summed E-state index contributed by atoms with van der Waals surface area (Å²) in [6.07, 6.45) is 1.32. The van der Waals surface area contributed by atoms with Crippen LogP contribution < -0.4 is 10.1 Å². The number of esters is 1. The predicted octanol–water partition coefficient (Wildman–Crippen LogP) is 4.09. The molecule has 0 aliphatic heterocycles. The molecule has 1 N–H and O–H groups in total. The van der Waals surface area contributed by atoms with Gasteiger partial charge in [0.25, 0.3) is 0 Å². The quantitative estimate of drug-likeness (QED) is 0.265. The average Bonchev–Trinajstić information content (AvgIpc) is 2.63. The van der Waals surface area contributed by atoms with Crippen molar-refractivity contribution < 1.29 is 19.1 Å². The molecule has 0 aliphatic carbocycles. The number of halogens is 1.